The SMILES string of the molecule is CN(C1CCS(=O)(=O)C1)C(CN)c1cc(Br)c(Br)s1. The van der Waals surface area contributed by atoms with Gasteiger partial charge in [-0.2, -0.15) is 0 Å². The molecule has 0 aliphatic carbocycles. The summed E-state index contributed by atoms with van der Waals surface area (Å²) in [5, 5.41) is 0. The van der Waals surface area contributed by atoms with Gasteiger partial charge < -0.3 is 5.73 Å². The lowest BCUT2D eigenvalue weighted by molar-refractivity contribution is 0.195. The molecule has 0 radical (unpaired) electrons. The summed E-state index contributed by atoms with van der Waals surface area (Å²) in [7, 11) is -0.902. The van der Waals surface area contributed by atoms with Crippen LogP contribution in [0.1, 0.15) is 17.3 Å². The molecule has 0 saturated carbocycles. The van der Waals surface area contributed by atoms with Gasteiger partial charge >= 0.3 is 0 Å². The standard InChI is InChI=1S/C11H16Br2N2O2S2/c1-15(7-2-3-19(16,17)6-7)9(5-14)10-4-8(12)11(13)18-10/h4,7,9H,2-3,5-6,14H2,1H3. The van der Waals surface area contributed by atoms with Crippen molar-refractivity contribution in [3.63, 3.8) is 0 Å². The molecule has 2 rings (SSSR count). The highest BCUT2D eigenvalue weighted by Gasteiger charge is 2.34. The summed E-state index contributed by atoms with van der Waals surface area (Å²) in [5.74, 6) is 0.533. The molecule has 2 N–H and O–H groups in total. The molecular weight excluding hydrogens is 416 g/mol. The minimum Gasteiger partial charge on any atom is -0.329 e. The normalized spacial score (nSPS) is 23.9. The average Bonchev–Trinajstić information content (AvgIpc) is 2.84. The van der Waals surface area contributed by atoms with E-state index in [9.17, 15) is 8.42 Å². The van der Waals surface area contributed by atoms with Crippen molar-refractivity contribution in [2.75, 3.05) is 25.1 Å². The van der Waals surface area contributed by atoms with Gasteiger partial charge in [0.2, 0.25) is 0 Å². The topological polar surface area (TPSA) is 63.4 Å². The van der Waals surface area contributed by atoms with Crippen LogP contribution in [0.2, 0.25) is 0 Å². The van der Waals surface area contributed by atoms with Gasteiger partial charge in [0.1, 0.15) is 0 Å². The summed E-state index contributed by atoms with van der Waals surface area (Å²) in [6, 6.07) is 2.18. The molecule has 0 bridgehead atoms. The Balaban J connectivity index is 2.18. The minimum atomic E-state index is -2.86. The van der Waals surface area contributed by atoms with Crippen molar-refractivity contribution < 1.29 is 8.42 Å². The maximum absolute atomic E-state index is 11.6. The van der Waals surface area contributed by atoms with E-state index in [-0.39, 0.29) is 23.6 Å². The number of nitrogens with two attached hydrogens (primary N) is 1. The summed E-state index contributed by atoms with van der Waals surface area (Å²) < 4.78 is 25.2. The Hall–Kier alpha value is 0.530. The van der Waals surface area contributed by atoms with Gasteiger partial charge in [0, 0.05) is 21.9 Å². The molecule has 0 amide bonds. The van der Waals surface area contributed by atoms with E-state index >= 15 is 0 Å². The summed E-state index contributed by atoms with van der Waals surface area (Å²) in [5.41, 5.74) is 5.89. The molecule has 1 saturated heterocycles. The molecule has 8 heteroatoms. The van der Waals surface area contributed by atoms with Gasteiger partial charge in [-0.1, -0.05) is 0 Å². The molecule has 0 spiro atoms. The second-order valence-electron chi connectivity index (χ2n) is 4.74. The maximum Gasteiger partial charge on any atom is 0.151 e. The lowest BCUT2D eigenvalue weighted by Gasteiger charge is -2.30. The predicted octanol–water partition coefficient (Wildman–Crippen LogP) is 2.39. The van der Waals surface area contributed by atoms with Crippen LogP contribution in [-0.2, 0) is 9.84 Å². The second kappa shape index (κ2) is 6.11. The molecule has 1 aromatic rings. The van der Waals surface area contributed by atoms with Crippen LogP contribution in [0.3, 0.4) is 0 Å². The molecule has 1 aromatic heterocycles. The molecule has 0 aromatic carbocycles. The number of hydrogen-bond acceptors (Lipinski definition) is 5. The fourth-order valence-electron chi connectivity index (χ4n) is 2.36. The van der Waals surface area contributed by atoms with E-state index in [1.54, 1.807) is 11.3 Å². The van der Waals surface area contributed by atoms with Crippen molar-refractivity contribution in [2.45, 2.75) is 18.5 Å². The number of hydrogen-bond donors (Lipinski definition) is 1. The Morgan fingerprint density at radius 3 is 2.68 bits per heavy atom. The van der Waals surface area contributed by atoms with E-state index in [1.807, 2.05) is 13.1 Å². The average molecular weight is 432 g/mol. The first-order chi connectivity index (χ1) is 8.84. The summed E-state index contributed by atoms with van der Waals surface area (Å²) >= 11 is 8.59. The molecular formula is C11H16Br2N2O2S2. The third kappa shape index (κ3) is 3.59. The molecule has 2 unspecified atom stereocenters. The number of likely N-dealkylation sites (N-methyl/N-ethyl adjacent to an activating group) is 1. The monoisotopic (exact) mass is 430 g/mol. The first-order valence-electron chi connectivity index (χ1n) is 5.91. The van der Waals surface area contributed by atoms with Crippen LogP contribution >= 0.6 is 43.2 Å². The second-order valence-corrected chi connectivity index (χ2v) is 10.2. The quantitative estimate of drug-likeness (QED) is 0.794. The van der Waals surface area contributed by atoms with Crippen LogP contribution in [0.5, 0.6) is 0 Å². The fraction of sp³-hybridized carbons (Fsp3) is 0.636. The third-order valence-electron chi connectivity index (χ3n) is 3.49. The van der Waals surface area contributed by atoms with Gasteiger partial charge in [-0.05, 0) is 51.4 Å². The molecule has 1 aliphatic heterocycles. The van der Waals surface area contributed by atoms with Crippen LogP contribution in [0, 0.1) is 0 Å². The summed E-state index contributed by atoms with van der Waals surface area (Å²) in [4.78, 5) is 3.25. The van der Waals surface area contributed by atoms with Crippen molar-refractivity contribution in [2.24, 2.45) is 5.73 Å². The maximum atomic E-state index is 11.6. The van der Waals surface area contributed by atoms with Crippen molar-refractivity contribution in [3.8, 4) is 0 Å². The van der Waals surface area contributed by atoms with E-state index in [1.165, 1.54) is 0 Å². The van der Waals surface area contributed by atoms with Gasteiger partial charge in [0.25, 0.3) is 0 Å². The summed E-state index contributed by atoms with van der Waals surface area (Å²) in [6.07, 6.45) is 0.697. The number of sulfone groups is 1. The van der Waals surface area contributed by atoms with E-state index < -0.39 is 9.84 Å². The zero-order chi connectivity index (χ0) is 14.2. The van der Waals surface area contributed by atoms with Crippen molar-refractivity contribution >= 4 is 53.0 Å². The van der Waals surface area contributed by atoms with Crippen molar-refractivity contribution in [1.82, 2.24) is 4.90 Å². The Morgan fingerprint density at radius 1 is 1.58 bits per heavy atom. The van der Waals surface area contributed by atoms with E-state index in [4.69, 9.17) is 5.73 Å². The lowest BCUT2D eigenvalue weighted by atomic mass is 10.1. The zero-order valence-electron chi connectivity index (χ0n) is 10.5. The van der Waals surface area contributed by atoms with E-state index in [0.29, 0.717) is 13.0 Å². The highest BCUT2D eigenvalue weighted by atomic mass is 79.9. The Morgan fingerprint density at radius 2 is 2.26 bits per heavy atom. The van der Waals surface area contributed by atoms with Crippen LogP contribution in [0.25, 0.3) is 0 Å². The van der Waals surface area contributed by atoms with Crippen LogP contribution in [0.15, 0.2) is 14.3 Å². The number of halogens is 2. The van der Waals surface area contributed by atoms with Crippen LogP contribution in [0.4, 0.5) is 0 Å². The first-order valence-corrected chi connectivity index (χ1v) is 10.1. The Bertz CT molecular complexity index is 540. The van der Waals surface area contributed by atoms with E-state index in [0.717, 1.165) is 13.1 Å². The van der Waals surface area contributed by atoms with Gasteiger partial charge in [-0.15, -0.1) is 11.3 Å². The van der Waals surface area contributed by atoms with Crippen molar-refractivity contribution in [1.29, 1.82) is 0 Å². The van der Waals surface area contributed by atoms with Gasteiger partial charge in [0.05, 0.1) is 21.3 Å². The van der Waals surface area contributed by atoms with E-state index in [2.05, 4.69) is 36.8 Å². The lowest BCUT2D eigenvalue weighted by Crippen LogP contribution is -2.39. The number of nitrogens with zero attached hydrogens (tertiary/aromatic N) is 1. The Kier molecular flexibility index (Phi) is 5.12. The third-order valence-corrected chi connectivity index (χ3v) is 8.60. The predicted molar refractivity (Wildman–Crippen MR) is 86.3 cm³/mol. The Labute approximate surface area is 134 Å². The van der Waals surface area contributed by atoms with Gasteiger partial charge in [-0.3, -0.25) is 4.90 Å². The van der Waals surface area contributed by atoms with Crippen LogP contribution in [-0.4, -0.2) is 44.5 Å². The highest BCUT2D eigenvalue weighted by Crippen LogP contribution is 2.38. The molecule has 4 nitrogen and oxygen atoms in total. The zero-order valence-corrected chi connectivity index (χ0v) is 15.3. The largest absolute Gasteiger partial charge is 0.329 e. The van der Waals surface area contributed by atoms with Crippen molar-refractivity contribution in [3.05, 3.63) is 19.2 Å². The van der Waals surface area contributed by atoms with Gasteiger partial charge in [-0.25, -0.2) is 8.42 Å². The number of thiophene rings is 1. The molecule has 2 heterocycles. The minimum absolute atomic E-state index is 0.0610. The smallest absolute Gasteiger partial charge is 0.151 e. The van der Waals surface area contributed by atoms with Gasteiger partial charge in [0.15, 0.2) is 9.84 Å². The number of rotatable bonds is 4. The highest BCUT2D eigenvalue weighted by molar-refractivity contribution is 9.13. The summed E-state index contributed by atoms with van der Waals surface area (Å²) in [6.45, 7) is 0.479. The molecule has 1 aliphatic rings. The fourth-order valence-corrected chi connectivity index (χ4v) is 6.40. The molecule has 108 valence electrons. The molecule has 19 heavy (non-hydrogen) atoms. The van der Waals surface area contributed by atoms with Crippen LogP contribution < -0.4 is 5.73 Å². The first kappa shape index (κ1) is 15.9. The molecule has 1 fully saturated rings. The molecule has 2 atom stereocenters.